The first-order valence-electron chi connectivity index (χ1n) is 5.99. The summed E-state index contributed by atoms with van der Waals surface area (Å²) in [6.07, 6.45) is 0. The number of nitrogens with zero attached hydrogens (tertiary/aromatic N) is 1. The van der Waals surface area contributed by atoms with E-state index in [9.17, 15) is 4.79 Å². The molecule has 0 spiro atoms. The summed E-state index contributed by atoms with van der Waals surface area (Å²) in [5.41, 5.74) is 8.25. The Morgan fingerprint density at radius 3 is 2.84 bits per heavy atom. The van der Waals surface area contributed by atoms with Crippen molar-refractivity contribution in [3.8, 4) is 0 Å². The maximum Gasteiger partial charge on any atom is 0.238 e. The quantitative estimate of drug-likeness (QED) is 0.824. The second-order valence-electron chi connectivity index (χ2n) is 4.44. The number of anilines is 2. The van der Waals surface area contributed by atoms with Gasteiger partial charge in [0.05, 0.1) is 17.9 Å². The highest BCUT2D eigenvalue weighted by atomic mass is 32.1. The van der Waals surface area contributed by atoms with Crippen LogP contribution in [0.2, 0.25) is 0 Å². The van der Waals surface area contributed by atoms with Gasteiger partial charge < -0.3 is 11.1 Å². The predicted octanol–water partition coefficient (Wildman–Crippen LogP) is 2.40. The minimum Gasteiger partial charge on any atom is -0.397 e. The molecule has 1 amide bonds. The summed E-state index contributed by atoms with van der Waals surface area (Å²) in [5, 5.41) is 6.94. The molecule has 1 heterocycles. The number of rotatable bonds is 5. The summed E-state index contributed by atoms with van der Waals surface area (Å²) in [6, 6.07) is 9.32. The van der Waals surface area contributed by atoms with Crippen LogP contribution in [0, 0.1) is 0 Å². The Balaban J connectivity index is 1.86. The molecule has 0 aliphatic carbocycles. The Labute approximate surface area is 116 Å². The van der Waals surface area contributed by atoms with E-state index in [0.29, 0.717) is 17.9 Å². The van der Waals surface area contributed by atoms with Gasteiger partial charge in [-0.1, -0.05) is 12.1 Å². The smallest absolute Gasteiger partial charge is 0.238 e. The molecule has 0 radical (unpaired) electrons. The van der Waals surface area contributed by atoms with Gasteiger partial charge in [-0.05, 0) is 41.6 Å². The number of para-hydroxylation sites is 2. The number of benzene rings is 1. The van der Waals surface area contributed by atoms with Gasteiger partial charge in [0.15, 0.2) is 0 Å². The standard InChI is InChI=1S/C14H17N3OS/c1-17(8-11-6-7-19-10-11)9-14(18)16-13-5-3-2-4-12(13)15/h2-7,10H,8-9,15H2,1H3,(H,16,18). The summed E-state index contributed by atoms with van der Waals surface area (Å²) in [5.74, 6) is -0.0596. The monoisotopic (exact) mass is 275 g/mol. The van der Waals surface area contributed by atoms with E-state index in [2.05, 4.69) is 16.8 Å². The highest BCUT2D eigenvalue weighted by Gasteiger charge is 2.08. The van der Waals surface area contributed by atoms with Crippen LogP contribution in [0.4, 0.5) is 11.4 Å². The average molecular weight is 275 g/mol. The first-order valence-corrected chi connectivity index (χ1v) is 6.93. The van der Waals surface area contributed by atoms with Gasteiger partial charge in [-0.15, -0.1) is 0 Å². The summed E-state index contributed by atoms with van der Waals surface area (Å²) in [6.45, 7) is 1.10. The number of hydrogen-bond donors (Lipinski definition) is 2. The van der Waals surface area contributed by atoms with Crippen LogP contribution in [0.5, 0.6) is 0 Å². The Hall–Kier alpha value is -1.85. The van der Waals surface area contributed by atoms with Crippen molar-refractivity contribution in [3.05, 3.63) is 46.7 Å². The predicted molar refractivity (Wildman–Crippen MR) is 80.1 cm³/mol. The summed E-state index contributed by atoms with van der Waals surface area (Å²) >= 11 is 1.66. The number of thiophene rings is 1. The highest BCUT2D eigenvalue weighted by molar-refractivity contribution is 7.07. The SMILES string of the molecule is CN(CC(=O)Nc1ccccc1N)Cc1ccsc1. The average Bonchev–Trinajstić information content (AvgIpc) is 2.84. The van der Waals surface area contributed by atoms with Crippen molar-refractivity contribution in [3.63, 3.8) is 0 Å². The van der Waals surface area contributed by atoms with Gasteiger partial charge in [0.2, 0.25) is 5.91 Å². The van der Waals surface area contributed by atoms with Crippen molar-refractivity contribution >= 4 is 28.6 Å². The maximum absolute atomic E-state index is 11.9. The molecule has 5 heteroatoms. The molecule has 1 aromatic heterocycles. The van der Waals surface area contributed by atoms with E-state index < -0.39 is 0 Å². The van der Waals surface area contributed by atoms with Gasteiger partial charge in [-0.3, -0.25) is 9.69 Å². The van der Waals surface area contributed by atoms with Crippen LogP contribution in [0.3, 0.4) is 0 Å². The topological polar surface area (TPSA) is 58.4 Å². The Bertz CT molecular complexity index is 539. The molecule has 0 aliphatic rings. The van der Waals surface area contributed by atoms with Crippen LogP contribution in [0.1, 0.15) is 5.56 Å². The summed E-state index contributed by atoms with van der Waals surface area (Å²) < 4.78 is 0. The minimum atomic E-state index is -0.0596. The van der Waals surface area contributed by atoms with Crippen molar-refractivity contribution in [2.24, 2.45) is 0 Å². The van der Waals surface area contributed by atoms with Gasteiger partial charge in [0.1, 0.15) is 0 Å². The number of amides is 1. The molecule has 0 bridgehead atoms. The molecule has 100 valence electrons. The fraction of sp³-hybridized carbons (Fsp3) is 0.214. The van der Waals surface area contributed by atoms with Crippen molar-refractivity contribution in [1.82, 2.24) is 4.90 Å². The summed E-state index contributed by atoms with van der Waals surface area (Å²) in [4.78, 5) is 13.9. The van der Waals surface area contributed by atoms with Crippen molar-refractivity contribution < 1.29 is 4.79 Å². The number of nitrogens with two attached hydrogens (primary N) is 1. The molecule has 0 atom stereocenters. The van der Waals surface area contributed by atoms with E-state index in [-0.39, 0.29) is 5.91 Å². The van der Waals surface area contributed by atoms with E-state index in [1.54, 1.807) is 23.5 Å². The third-order valence-electron chi connectivity index (χ3n) is 2.68. The molecule has 0 fully saturated rings. The van der Waals surface area contributed by atoms with E-state index in [1.807, 2.05) is 29.5 Å². The lowest BCUT2D eigenvalue weighted by Gasteiger charge is -2.16. The van der Waals surface area contributed by atoms with E-state index >= 15 is 0 Å². The largest absolute Gasteiger partial charge is 0.397 e. The number of nitrogen functional groups attached to an aromatic ring is 1. The Kier molecular flexibility index (Phi) is 4.54. The van der Waals surface area contributed by atoms with Crippen LogP contribution < -0.4 is 11.1 Å². The van der Waals surface area contributed by atoms with Crippen molar-refractivity contribution in [2.45, 2.75) is 6.54 Å². The number of likely N-dealkylation sites (N-methyl/N-ethyl adjacent to an activating group) is 1. The van der Waals surface area contributed by atoms with Crippen molar-refractivity contribution in [2.75, 3.05) is 24.6 Å². The lowest BCUT2D eigenvalue weighted by molar-refractivity contribution is -0.117. The molecule has 1 aromatic carbocycles. The van der Waals surface area contributed by atoms with Crippen LogP contribution in [0.25, 0.3) is 0 Å². The van der Waals surface area contributed by atoms with Crippen molar-refractivity contribution in [1.29, 1.82) is 0 Å². The number of carbonyl (C=O) groups excluding carboxylic acids is 1. The van der Waals surface area contributed by atoms with Crippen LogP contribution in [-0.2, 0) is 11.3 Å². The van der Waals surface area contributed by atoms with Crippen LogP contribution in [0.15, 0.2) is 41.1 Å². The van der Waals surface area contributed by atoms with E-state index in [0.717, 1.165) is 6.54 Å². The second-order valence-corrected chi connectivity index (χ2v) is 5.22. The fourth-order valence-electron chi connectivity index (χ4n) is 1.80. The van der Waals surface area contributed by atoms with Crippen LogP contribution in [-0.4, -0.2) is 24.4 Å². The molecule has 0 unspecified atom stereocenters. The Morgan fingerprint density at radius 2 is 2.16 bits per heavy atom. The zero-order chi connectivity index (χ0) is 13.7. The molecule has 2 rings (SSSR count). The van der Waals surface area contributed by atoms with Gasteiger partial charge in [0.25, 0.3) is 0 Å². The first-order chi connectivity index (χ1) is 9.15. The number of hydrogen-bond acceptors (Lipinski definition) is 4. The number of nitrogens with one attached hydrogen (secondary N) is 1. The first kappa shape index (κ1) is 13.6. The lowest BCUT2D eigenvalue weighted by atomic mass is 10.2. The van der Waals surface area contributed by atoms with Gasteiger partial charge >= 0.3 is 0 Å². The fourth-order valence-corrected chi connectivity index (χ4v) is 2.46. The molecule has 4 nitrogen and oxygen atoms in total. The summed E-state index contributed by atoms with van der Waals surface area (Å²) in [7, 11) is 1.92. The van der Waals surface area contributed by atoms with Gasteiger partial charge in [-0.25, -0.2) is 0 Å². The van der Waals surface area contributed by atoms with Crippen LogP contribution >= 0.6 is 11.3 Å². The molecule has 2 aromatic rings. The maximum atomic E-state index is 11.9. The molecular weight excluding hydrogens is 258 g/mol. The zero-order valence-electron chi connectivity index (χ0n) is 10.8. The van der Waals surface area contributed by atoms with Gasteiger partial charge in [-0.2, -0.15) is 11.3 Å². The van der Waals surface area contributed by atoms with E-state index in [4.69, 9.17) is 5.73 Å². The highest BCUT2D eigenvalue weighted by Crippen LogP contribution is 2.16. The molecule has 0 saturated carbocycles. The normalized spacial score (nSPS) is 10.6. The second kappa shape index (κ2) is 6.36. The zero-order valence-corrected chi connectivity index (χ0v) is 11.6. The van der Waals surface area contributed by atoms with Gasteiger partial charge in [0, 0.05) is 6.54 Å². The molecule has 0 aliphatic heterocycles. The third kappa shape index (κ3) is 4.08. The molecule has 19 heavy (non-hydrogen) atoms. The van der Waals surface area contributed by atoms with E-state index in [1.165, 1.54) is 5.56 Å². The third-order valence-corrected chi connectivity index (χ3v) is 3.41. The molecule has 3 N–H and O–H groups in total. The lowest BCUT2D eigenvalue weighted by Crippen LogP contribution is -2.29. The molecule has 0 saturated heterocycles. The minimum absolute atomic E-state index is 0.0596. The molecular formula is C14H17N3OS. The Morgan fingerprint density at radius 1 is 1.37 bits per heavy atom. The number of carbonyl (C=O) groups is 1.